The third-order valence-corrected chi connectivity index (χ3v) is 8.44. The molecule has 1 amide bonds. The fraction of sp³-hybridized carbons (Fsp3) is 0.517. The van der Waals surface area contributed by atoms with Crippen LogP contribution < -0.4 is 10.6 Å². The van der Waals surface area contributed by atoms with Crippen LogP contribution in [0.25, 0.3) is 27.0 Å². The van der Waals surface area contributed by atoms with Crippen LogP contribution in [0, 0.1) is 13.5 Å². The van der Waals surface area contributed by atoms with Gasteiger partial charge in [0, 0.05) is 49.6 Å². The van der Waals surface area contributed by atoms with E-state index in [-0.39, 0.29) is 12.1 Å². The summed E-state index contributed by atoms with van der Waals surface area (Å²) in [6.45, 7) is 23.2. The SMILES string of the molecule is [C-]#[N+]c1ccc2c(-c3nc(N[C@H]4CC[C@@H]4NC(=O)OC(C)(C)C)ncc3C)cn(COCC[Si](C)(C)C)c2c1. The first-order valence-electron chi connectivity index (χ1n) is 13.5. The summed E-state index contributed by atoms with van der Waals surface area (Å²) >= 11 is 0. The molecule has 208 valence electrons. The zero-order chi connectivity index (χ0) is 28.4. The van der Waals surface area contributed by atoms with Crippen LogP contribution in [0.3, 0.4) is 0 Å². The molecule has 0 saturated heterocycles. The standard InChI is InChI=1S/C29H40N6O3Si/c1-19-16-31-27(32-23-11-12-24(23)33-28(36)38-29(2,3)4)34-26(19)22-17-35(18-37-13-14-39(6,7)8)25-15-20(30-5)9-10-21(22)25/h9-10,15-17,23-24H,11-14,18H2,1-4,6-8H3,(H,33,36)(H,31,32,34)/t23-,24-/m0/s1. The maximum atomic E-state index is 12.2. The van der Waals surface area contributed by atoms with E-state index in [4.69, 9.17) is 21.0 Å². The van der Waals surface area contributed by atoms with Crippen molar-refractivity contribution >= 4 is 36.7 Å². The molecule has 0 radical (unpaired) electrons. The van der Waals surface area contributed by atoms with Crippen LogP contribution in [-0.2, 0) is 16.2 Å². The molecule has 2 atom stereocenters. The highest BCUT2D eigenvalue weighted by Crippen LogP contribution is 2.34. The van der Waals surface area contributed by atoms with E-state index in [1.807, 2.05) is 52.1 Å². The van der Waals surface area contributed by atoms with Gasteiger partial charge in [-0.05, 0) is 58.2 Å². The molecule has 10 heteroatoms. The molecule has 3 aromatic rings. The fourth-order valence-electron chi connectivity index (χ4n) is 4.44. The van der Waals surface area contributed by atoms with Crippen molar-refractivity contribution in [3.8, 4) is 11.3 Å². The third-order valence-electron chi connectivity index (χ3n) is 6.74. The van der Waals surface area contributed by atoms with Crippen LogP contribution in [0.5, 0.6) is 0 Å². The molecule has 0 bridgehead atoms. The molecule has 9 nitrogen and oxygen atoms in total. The van der Waals surface area contributed by atoms with Gasteiger partial charge in [-0.3, -0.25) is 0 Å². The van der Waals surface area contributed by atoms with Gasteiger partial charge in [0.05, 0.1) is 18.3 Å². The second-order valence-corrected chi connectivity index (χ2v) is 18.1. The minimum atomic E-state index is -1.19. The molecule has 1 aromatic carbocycles. The topological polar surface area (TPSA) is 94.7 Å². The number of ether oxygens (including phenoxy) is 2. The van der Waals surface area contributed by atoms with E-state index in [1.165, 1.54) is 0 Å². The van der Waals surface area contributed by atoms with Gasteiger partial charge in [0.25, 0.3) is 0 Å². The molecule has 1 fully saturated rings. The van der Waals surface area contributed by atoms with Crippen molar-refractivity contribution in [2.75, 3.05) is 11.9 Å². The molecule has 1 aliphatic rings. The highest BCUT2D eigenvalue weighted by atomic mass is 28.3. The number of fused-ring (bicyclic) bond motifs is 1. The minimum absolute atomic E-state index is 0.0235. The molecule has 2 heterocycles. The smallest absolute Gasteiger partial charge is 0.407 e. The highest BCUT2D eigenvalue weighted by Gasteiger charge is 2.34. The summed E-state index contributed by atoms with van der Waals surface area (Å²) in [6.07, 6.45) is 5.23. The Hall–Kier alpha value is -3.42. The lowest BCUT2D eigenvalue weighted by Crippen LogP contribution is -2.54. The second kappa shape index (κ2) is 11.4. The van der Waals surface area contributed by atoms with Gasteiger partial charge < -0.3 is 24.7 Å². The Morgan fingerprint density at radius 1 is 1.23 bits per heavy atom. The molecule has 0 unspecified atom stereocenters. The summed E-state index contributed by atoms with van der Waals surface area (Å²) in [7, 11) is -1.19. The van der Waals surface area contributed by atoms with Crippen LogP contribution in [-0.4, -0.2) is 53.0 Å². The van der Waals surface area contributed by atoms with Crippen molar-refractivity contribution in [2.45, 2.75) is 90.6 Å². The number of carbonyl (C=O) groups excluding carboxylic acids is 1. The van der Waals surface area contributed by atoms with E-state index in [2.05, 4.69) is 50.9 Å². The lowest BCUT2D eigenvalue weighted by Gasteiger charge is -2.37. The second-order valence-electron chi connectivity index (χ2n) is 12.5. The number of amides is 1. The maximum absolute atomic E-state index is 12.2. The van der Waals surface area contributed by atoms with Gasteiger partial charge in [-0.2, -0.15) is 0 Å². The van der Waals surface area contributed by atoms with E-state index >= 15 is 0 Å². The molecule has 4 rings (SSSR count). The number of benzene rings is 1. The number of aryl methyl sites for hydroxylation is 1. The van der Waals surface area contributed by atoms with Crippen LogP contribution in [0.1, 0.15) is 39.2 Å². The van der Waals surface area contributed by atoms with Gasteiger partial charge in [0.2, 0.25) is 5.95 Å². The van der Waals surface area contributed by atoms with E-state index < -0.39 is 19.8 Å². The number of alkyl carbamates (subject to hydrolysis) is 1. The van der Waals surface area contributed by atoms with Gasteiger partial charge in [-0.25, -0.2) is 19.6 Å². The summed E-state index contributed by atoms with van der Waals surface area (Å²) in [6, 6.07) is 6.80. The Balaban J connectivity index is 1.55. The van der Waals surface area contributed by atoms with Gasteiger partial charge in [0.1, 0.15) is 12.3 Å². The number of hydrogen-bond donors (Lipinski definition) is 2. The largest absolute Gasteiger partial charge is 0.444 e. The van der Waals surface area contributed by atoms with Gasteiger partial charge in [-0.1, -0.05) is 31.8 Å². The Labute approximate surface area is 232 Å². The van der Waals surface area contributed by atoms with Gasteiger partial charge >= 0.3 is 6.09 Å². The normalized spacial score (nSPS) is 17.4. The molecular weight excluding hydrogens is 508 g/mol. The number of nitrogens with one attached hydrogen (secondary N) is 2. The van der Waals surface area contributed by atoms with Crippen molar-refractivity contribution in [3.05, 3.63) is 47.6 Å². The zero-order valence-corrected chi connectivity index (χ0v) is 25.1. The predicted molar refractivity (Wildman–Crippen MR) is 158 cm³/mol. The molecule has 1 saturated carbocycles. The lowest BCUT2D eigenvalue weighted by atomic mass is 9.86. The van der Waals surface area contributed by atoms with Crippen molar-refractivity contribution in [1.29, 1.82) is 0 Å². The summed E-state index contributed by atoms with van der Waals surface area (Å²) in [4.78, 5) is 25.3. The monoisotopic (exact) mass is 548 g/mol. The Kier molecular flexibility index (Phi) is 8.33. The molecule has 1 aliphatic carbocycles. The van der Waals surface area contributed by atoms with Crippen LogP contribution in [0.2, 0.25) is 25.7 Å². The maximum Gasteiger partial charge on any atom is 0.407 e. The number of aromatic nitrogens is 3. The Bertz CT molecular complexity index is 1380. The quantitative estimate of drug-likeness (QED) is 0.175. The molecular formula is C29H40N6O3Si. The van der Waals surface area contributed by atoms with E-state index in [9.17, 15) is 4.79 Å². The van der Waals surface area contributed by atoms with Crippen molar-refractivity contribution in [2.24, 2.45) is 0 Å². The first kappa shape index (κ1) is 28.6. The average molecular weight is 549 g/mol. The number of nitrogens with zero attached hydrogens (tertiary/aromatic N) is 4. The van der Waals surface area contributed by atoms with Crippen LogP contribution >= 0.6 is 0 Å². The number of carbonyl (C=O) groups is 1. The van der Waals surface area contributed by atoms with Crippen molar-refractivity contribution in [3.63, 3.8) is 0 Å². The van der Waals surface area contributed by atoms with E-state index in [0.29, 0.717) is 25.0 Å². The Morgan fingerprint density at radius 3 is 2.62 bits per heavy atom. The fourth-order valence-corrected chi connectivity index (χ4v) is 5.20. The van der Waals surface area contributed by atoms with Gasteiger partial charge in [0.15, 0.2) is 5.69 Å². The highest BCUT2D eigenvalue weighted by molar-refractivity contribution is 6.76. The summed E-state index contributed by atoms with van der Waals surface area (Å²) in [5, 5.41) is 7.37. The molecule has 0 aliphatic heterocycles. The van der Waals surface area contributed by atoms with Crippen molar-refractivity contribution in [1.82, 2.24) is 19.9 Å². The average Bonchev–Trinajstić information content (AvgIpc) is 3.19. The molecule has 2 N–H and O–H groups in total. The number of hydrogen-bond acceptors (Lipinski definition) is 6. The molecule has 0 spiro atoms. The van der Waals surface area contributed by atoms with Crippen LogP contribution in [0.15, 0.2) is 30.6 Å². The summed E-state index contributed by atoms with van der Waals surface area (Å²) in [5.74, 6) is 0.515. The van der Waals surface area contributed by atoms with E-state index in [1.54, 1.807) is 0 Å². The number of anilines is 1. The lowest BCUT2D eigenvalue weighted by molar-refractivity contribution is 0.0472. The van der Waals surface area contributed by atoms with Crippen molar-refractivity contribution < 1.29 is 14.3 Å². The minimum Gasteiger partial charge on any atom is -0.444 e. The molecule has 2 aromatic heterocycles. The first-order valence-corrected chi connectivity index (χ1v) is 17.2. The van der Waals surface area contributed by atoms with E-state index in [0.717, 1.165) is 46.6 Å². The predicted octanol–water partition coefficient (Wildman–Crippen LogP) is 6.74. The summed E-state index contributed by atoms with van der Waals surface area (Å²) < 4.78 is 13.5. The van der Waals surface area contributed by atoms with Gasteiger partial charge in [-0.15, -0.1) is 0 Å². The van der Waals surface area contributed by atoms with Crippen LogP contribution in [0.4, 0.5) is 16.4 Å². The first-order chi connectivity index (χ1) is 18.3. The zero-order valence-electron chi connectivity index (χ0n) is 24.1. The number of rotatable bonds is 9. The Morgan fingerprint density at radius 2 is 1.97 bits per heavy atom. The molecule has 39 heavy (non-hydrogen) atoms. The third kappa shape index (κ3) is 7.37. The summed E-state index contributed by atoms with van der Waals surface area (Å²) in [5.41, 5.74) is 3.73.